The van der Waals surface area contributed by atoms with Crippen molar-refractivity contribution in [3.8, 4) is 0 Å². The molecule has 3 heteroatoms. The van der Waals surface area contributed by atoms with Gasteiger partial charge in [0, 0.05) is 5.56 Å². The number of hydrogen-bond acceptors (Lipinski definition) is 2. The van der Waals surface area contributed by atoms with Gasteiger partial charge >= 0.3 is 5.97 Å². The van der Waals surface area contributed by atoms with Gasteiger partial charge in [-0.15, -0.1) is 0 Å². The minimum Gasteiger partial charge on any atom is -0.478 e. The zero-order valence-electron chi connectivity index (χ0n) is 10.6. The Kier molecular flexibility index (Phi) is 3.76. The Morgan fingerprint density at radius 2 is 1.95 bits per heavy atom. The minimum absolute atomic E-state index is 0.293. The number of carbonyl (C=O) groups excluding carboxylic acids is 1. The third-order valence-electron chi connectivity index (χ3n) is 2.88. The van der Waals surface area contributed by atoms with Crippen LogP contribution in [0.15, 0.2) is 42.5 Å². The molecule has 0 atom stereocenters. The van der Waals surface area contributed by atoms with Gasteiger partial charge in [0.2, 0.25) is 0 Å². The van der Waals surface area contributed by atoms with E-state index in [4.69, 9.17) is 5.11 Å². The molecule has 0 aliphatic rings. The molecule has 0 aliphatic carbocycles. The molecule has 2 aromatic carbocycles. The van der Waals surface area contributed by atoms with E-state index < -0.39 is 5.97 Å². The maximum atomic E-state index is 11.0. The molecule has 3 nitrogen and oxygen atoms in total. The lowest BCUT2D eigenvalue weighted by atomic mass is 9.99. The summed E-state index contributed by atoms with van der Waals surface area (Å²) in [7, 11) is 0. The Bertz CT molecular complexity index is 630. The fraction of sp³-hybridized carbons (Fsp3) is 0.125. The highest BCUT2D eigenvalue weighted by atomic mass is 16.4. The Morgan fingerprint density at radius 3 is 2.63 bits per heavy atom. The van der Waals surface area contributed by atoms with E-state index >= 15 is 0 Å². The first-order chi connectivity index (χ1) is 9.08. The molecule has 0 saturated heterocycles. The van der Waals surface area contributed by atoms with Gasteiger partial charge in [-0.05, 0) is 48.2 Å². The molecule has 0 saturated carbocycles. The highest BCUT2D eigenvalue weighted by Gasteiger charge is 2.06. The lowest BCUT2D eigenvalue weighted by Gasteiger charge is -2.06. The second-order valence-electron chi connectivity index (χ2n) is 4.55. The first kappa shape index (κ1) is 13.0. The smallest absolute Gasteiger partial charge is 0.335 e. The molecule has 0 spiro atoms. The van der Waals surface area contributed by atoms with Crippen LogP contribution in [-0.4, -0.2) is 17.4 Å². The molecule has 1 N–H and O–H groups in total. The number of rotatable bonds is 4. The van der Waals surface area contributed by atoms with E-state index in [0.29, 0.717) is 17.5 Å². The molecule has 96 valence electrons. The van der Waals surface area contributed by atoms with Crippen molar-refractivity contribution in [1.82, 2.24) is 0 Å². The van der Waals surface area contributed by atoms with Crippen LogP contribution < -0.4 is 0 Å². The van der Waals surface area contributed by atoms with Crippen LogP contribution in [0.4, 0.5) is 0 Å². The molecule has 2 aromatic rings. The fourth-order valence-electron chi connectivity index (χ4n) is 2.10. The van der Waals surface area contributed by atoms with Crippen molar-refractivity contribution in [2.24, 2.45) is 0 Å². The number of carboxylic acids is 1. The highest BCUT2D eigenvalue weighted by Crippen LogP contribution is 2.15. The van der Waals surface area contributed by atoms with Crippen molar-refractivity contribution < 1.29 is 14.7 Å². The summed E-state index contributed by atoms with van der Waals surface area (Å²) in [5.41, 5.74) is 3.76. The number of aryl methyl sites for hydroxylation is 1. The summed E-state index contributed by atoms with van der Waals surface area (Å²) in [5.74, 6) is -0.924. The van der Waals surface area contributed by atoms with E-state index in [1.165, 1.54) is 0 Å². The summed E-state index contributed by atoms with van der Waals surface area (Å²) >= 11 is 0. The molecule has 19 heavy (non-hydrogen) atoms. The number of aldehydes is 1. The zero-order valence-corrected chi connectivity index (χ0v) is 10.6. The summed E-state index contributed by atoms with van der Waals surface area (Å²) in [6, 6.07) is 12.6. The second kappa shape index (κ2) is 5.48. The average Bonchev–Trinajstić information content (AvgIpc) is 2.38. The molecule has 0 heterocycles. The summed E-state index contributed by atoms with van der Waals surface area (Å²) in [4.78, 5) is 21.7. The molecule has 0 radical (unpaired) electrons. The molecular weight excluding hydrogens is 240 g/mol. The van der Waals surface area contributed by atoms with Crippen molar-refractivity contribution in [3.05, 3.63) is 70.3 Å². The monoisotopic (exact) mass is 254 g/mol. The quantitative estimate of drug-likeness (QED) is 0.853. The number of benzene rings is 2. The first-order valence-electron chi connectivity index (χ1n) is 5.96. The molecule has 0 fully saturated rings. The van der Waals surface area contributed by atoms with E-state index in [-0.39, 0.29) is 0 Å². The first-order valence-corrected chi connectivity index (χ1v) is 5.96. The Labute approximate surface area is 111 Å². The number of aromatic carboxylic acids is 1. The third-order valence-corrected chi connectivity index (χ3v) is 2.88. The largest absolute Gasteiger partial charge is 0.478 e. The number of carbonyl (C=O) groups is 2. The van der Waals surface area contributed by atoms with E-state index in [1.807, 2.05) is 31.2 Å². The lowest BCUT2D eigenvalue weighted by molar-refractivity contribution is 0.0696. The highest BCUT2D eigenvalue weighted by molar-refractivity contribution is 5.88. The topological polar surface area (TPSA) is 54.4 Å². The maximum Gasteiger partial charge on any atom is 0.335 e. The molecular formula is C16H14O3. The van der Waals surface area contributed by atoms with Gasteiger partial charge in [0.15, 0.2) is 0 Å². The molecule has 0 aromatic heterocycles. The number of carboxylic acid groups (broad SMARTS) is 1. The SMILES string of the molecule is Cc1cc(Cc2cccc(C=O)c2)cc(C(=O)O)c1. The zero-order chi connectivity index (χ0) is 13.8. The third kappa shape index (κ3) is 3.28. The van der Waals surface area contributed by atoms with E-state index in [1.54, 1.807) is 18.2 Å². The van der Waals surface area contributed by atoms with Crippen LogP contribution in [-0.2, 0) is 6.42 Å². The average molecular weight is 254 g/mol. The van der Waals surface area contributed by atoms with Crippen molar-refractivity contribution in [1.29, 1.82) is 0 Å². The van der Waals surface area contributed by atoms with Crippen LogP contribution in [0.25, 0.3) is 0 Å². The van der Waals surface area contributed by atoms with Crippen molar-refractivity contribution >= 4 is 12.3 Å². The van der Waals surface area contributed by atoms with Gasteiger partial charge < -0.3 is 5.11 Å². The lowest BCUT2D eigenvalue weighted by Crippen LogP contribution is -1.99. The normalized spacial score (nSPS) is 10.2. The van der Waals surface area contributed by atoms with Crippen LogP contribution in [0.1, 0.15) is 37.4 Å². The van der Waals surface area contributed by atoms with Crippen LogP contribution in [0.2, 0.25) is 0 Å². The Morgan fingerprint density at radius 1 is 1.16 bits per heavy atom. The Balaban J connectivity index is 2.32. The van der Waals surface area contributed by atoms with E-state index in [9.17, 15) is 9.59 Å². The molecule has 0 amide bonds. The van der Waals surface area contributed by atoms with Gasteiger partial charge in [0.1, 0.15) is 6.29 Å². The van der Waals surface area contributed by atoms with Crippen LogP contribution in [0.5, 0.6) is 0 Å². The summed E-state index contributed by atoms with van der Waals surface area (Å²) in [5, 5.41) is 9.04. The molecule has 2 rings (SSSR count). The van der Waals surface area contributed by atoms with E-state index in [2.05, 4.69) is 0 Å². The van der Waals surface area contributed by atoms with Crippen molar-refractivity contribution in [3.63, 3.8) is 0 Å². The van der Waals surface area contributed by atoms with Crippen molar-refractivity contribution in [2.45, 2.75) is 13.3 Å². The van der Waals surface area contributed by atoms with E-state index in [0.717, 1.165) is 23.0 Å². The van der Waals surface area contributed by atoms with Gasteiger partial charge in [0.05, 0.1) is 5.56 Å². The van der Waals surface area contributed by atoms with Crippen LogP contribution in [0.3, 0.4) is 0 Å². The fourth-order valence-corrected chi connectivity index (χ4v) is 2.10. The summed E-state index contributed by atoms with van der Waals surface area (Å²) in [6.45, 7) is 1.87. The predicted molar refractivity (Wildman–Crippen MR) is 72.8 cm³/mol. The van der Waals surface area contributed by atoms with Gasteiger partial charge in [-0.1, -0.05) is 24.3 Å². The summed E-state index contributed by atoms with van der Waals surface area (Å²) < 4.78 is 0. The Hall–Kier alpha value is -2.42. The molecule has 0 aliphatic heterocycles. The second-order valence-corrected chi connectivity index (χ2v) is 4.55. The van der Waals surface area contributed by atoms with Crippen LogP contribution >= 0.6 is 0 Å². The standard InChI is InChI=1S/C16H14O3/c1-11-5-14(9-15(6-11)16(18)19)8-12-3-2-4-13(7-12)10-17/h2-7,9-10H,8H2,1H3,(H,18,19). The van der Waals surface area contributed by atoms with Crippen LogP contribution in [0, 0.1) is 6.92 Å². The minimum atomic E-state index is -0.924. The maximum absolute atomic E-state index is 11.0. The van der Waals surface area contributed by atoms with Crippen molar-refractivity contribution in [2.75, 3.05) is 0 Å². The summed E-state index contributed by atoms with van der Waals surface area (Å²) in [6.07, 6.45) is 1.42. The van der Waals surface area contributed by atoms with Gasteiger partial charge in [0.25, 0.3) is 0 Å². The van der Waals surface area contributed by atoms with Gasteiger partial charge in [-0.25, -0.2) is 4.79 Å². The van der Waals surface area contributed by atoms with Gasteiger partial charge in [-0.2, -0.15) is 0 Å². The molecule has 0 bridgehead atoms. The predicted octanol–water partition coefficient (Wildman–Crippen LogP) is 3.10. The molecule has 0 unspecified atom stereocenters. The van der Waals surface area contributed by atoms with Gasteiger partial charge in [-0.3, -0.25) is 4.79 Å². The number of hydrogen-bond donors (Lipinski definition) is 1.